The SMILES string of the molecule is CCc1ccccc1CN(C)CCNC. The molecule has 1 aromatic rings. The topological polar surface area (TPSA) is 15.3 Å². The highest BCUT2D eigenvalue weighted by molar-refractivity contribution is 5.26. The monoisotopic (exact) mass is 206 g/mol. The van der Waals surface area contributed by atoms with Crippen molar-refractivity contribution in [2.45, 2.75) is 19.9 Å². The van der Waals surface area contributed by atoms with Crippen molar-refractivity contribution in [2.75, 3.05) is 27.2 Å². The number of aryl methyl sites for hydroxylation is 1. The third kappa shape index (κ3) is 4.02. The maximum absolute atomic E-state index is 3.17. The molecule has 0 atom stereocenters. The Balaban J connectivity index is 2.55. The molecule has 0 aliphatic carbocycles. The molecule has 0 bridgehead atoms. The van der Waals surface area contributed by atoms with E-state index in [0.29, 0.717) is 0 Å². The van der Waals surface area contributed by atoms with E-state index in [-0.39, 0.29) is 0 Å². The van der Waals surface area contributed by atoms with Crippen LogP contribution in [0.1, 0.15) is 18.1 Å². The summed E-state index contributed by atoms with van der Waals surface area (Å²) in [4.78, 5) is 2.35. The Morgan fingerprint density at radius 1 is 1.20 bits per heavy atom. The van der Waals surface area contributed by atoms with Crippen molar-refractivity contribution < 1.29 is 0 Å². The largest absolute Gasteiger partial charge is 0.318 e. The van der Waals surface area contributed by atoms with Crippen molar-refractivity contribution >= 4 is 0 Å². The molecule has 0 spiro atoms. The van der Waals surface area contributed by atoms with E-state index in [9.17, 15) is 0 Å². The first-order chi connectivity index (χ1) is 7.27. The highest BCUT2D eigenvalue weighted by Crippen LogP contribution is 2.11. The van der Waals surface area contributed by atoms with Gasteiger partial charge >= 0.3 is 0 Å². The Bertz CT molecular complexity index is 284. The summed E-state index contributed by atoms with van der Waals surface area (Å²) in [5.41, 5.74) is 2.92. The fourth-order valence-corrected chi connectivity index (χ4v) is 1.73. The number of benzene rings is 1. The number of rotatable bonds is 6. The molecule has 84 valence electrons. The summed E-state index contributed by atoms with van der Waals surface area (Å²) < 4.78 is 0. The van der Waals surface area contributed by atoms with Crippen LogP contribution in [0.3, 0.4) is 0 Å². The summed E-state index contributed by atoms with van der Waals surface area (Å²) >= 11 is 0. The minimum Gasteiger partial charge on any atom is -0.318 e. The van der Waals surface area contributed by atoms with Crippen molar-refractivity contribution in [3.05, 3.63) is 35.4 Å². The number of likely N-dealkylation sites (N-methyl/N-ethyl adjacent to an activating group) is 2. The molecule has 1 aromatic carbocycles. The smallest absolute Gasteiger partial charge is 0.0233 e. The second-order valence-corrected chi connectivity index (χ2v) is 3.96. The summed E-state index contributed by atoms with van der Waals surface area (Å²) in [5.74, 6) is 0. The molecule has 15 heavy (non-hydrogen) atoms. The van der Waals surface area contributed by atoms with Gasteiger partial charge in [0.05, 0.1) is 0 Å². The van der Waals surface area contributed by atoms with E-state index < -0.39 is 0 Å². The van der Waals surface area contributed by atoms with Crippen LogP contribution in [0.5, 0.6) is 0 Å². The first kappa shape index (κ1) is 12.2. The van der Waals surface area contributed by atoms with Crippen LogP contribution in [-0.4, -0.2) is 32.1 Å². The molecule has 2 heteroatoms. The van der Waals surface area contributed by atoms with Crippen LogP contribution >= 0.6 is 0 Å². The molecule has 0 aliphatic heterocycles. The Morgan fingerprint density at radius 3 is 2.47 bits per heavy atom. The van der Waals surface area contributed by atoms with Crippen LogP contribution in [0.2, 0.25) is 0 Å². The Hall–Kier alpha value is -0.860. The number of hydrogen-bond donors (Lipinski definition) is 1. The molecule has 0 aliphatic rings. The van der Waals surface area contributed by atoms with E-state index in [4.69, 9.17) is 0 Å². The van der Waals surface area contributed by atoms with E-state index in [0.717, 1.165) is 26.1 Å². The Kier molecular flexibility index (Phi) is 5.37. The van der Waals surface area contributed by atoms with Gasteiger partial charge in [-0.2, -0.15) is 0 Å². The summed E-state index contributed by atoms with van der Waals surface area (Å²) in [5, 5.41) is 3.17. The van der Waals surface area contributed by atoms with Gasteiger partial charge < -0.3 is 10.2 Å². The van der Waals surface area contributed by atoms with Crippen molar-refractivity contribution in [3.8, 4) is 0 Å². The standard InChI is InChI=1S/C13H22N2/c1-4-12-7-5-6-8-13(12)11-15(3)10-9-14-2/h5-8,14H,4,9-11H2,1-3H3. The van der Waals surface area contributed by atoms with Crippen LogP contribution in [0.4, 0.5) is 0 Å². The van der Waals surface area contributed by atoms with Gasteiger partial charge in [-0.25, -0.2) is 0 Å². The fourth-order valence-electron chi connectivity index (χ4n) is 1.73. The second kappa shape index (κ2) is 6.59. The van der Waals surface area contributed by atoms with Gasteiger partial charge in [0.15, 0.2) is 0 Å². The van der Waals surface area contributed by atoms with E-state index in [2.05, 4.69) is 48.5 Å². The van der Waals surface area contributed by atoms with Crippen LogP contribution in [0, 0.1) is 0 Å². The predicted molar refractivity (Wildman–Crippen MR) is 66.1 cm³/mol. The maximum Gasteiger partial charge on any atom is 0.0233 e. The lowest BCUT2D eigenvalue weighted by atomic mass is 10.1. The molecular weight excluding hydrogens is 184 g/mol. The van der Waals surface area contributed by atoms with Gasteiger partial charge in [0.2, 0.25) is 0 Å². The Morgan fingerprint density at radius 2 is 1.87 bits per heavy atom. The number of nitrogens with zero attached hydrogens (tertiary/aromatic N) is 1. The molecule has 0 radical (unpaired) electrons. The third-order valence-corrected chi connectivity index (χ3v) is 2.68. The van der Waals surface area contributed by atoms with Crippen LogP contribution < -0.4 is 5.32 Å². The lowest BCUT2D eigenvalue weighted by Crippen LogP contribution is -2.27. The molecule has 0 unspecified atom stereocenters. The normalized spacial score (nSPS) is 10.9. The van der Waals surface area contributed by atoms with Gasteiger partial charge in [0, 0.05) is 19.6 Å². The Labute approximate surface area is 93.3 Å². The summed E-state index contributed by atoms with van der Waals surface area (Å²) in [6, 6.07) is 8.70. The minimum absolute atomic E-state index is 1.05. The van der Waals surface area contributed by atoms with E-state index in [1.807, 2.05) is 7.05 Å². The van der Waals surface area contributed by atoms with E-state index in [1.54, 1.807) is 0 Å². The first-order valence-corrected chi connectivity index (χ1v) is 5.67. The van der Waals surface area contributed by atoms with Crippen LogP contribution in [0.25, 0.3) is 0 Å². The average Bonchev–Trinajstić information content (AvgIpc) is 2.27. The average molecular weight is 206 g/mol. The molecule has 1 rings (SSSR count). The van der Waals surface area contributed by atoms with Crippen molar-refractivity contribution in [3.63, 3.8) is 0 Å². The van der Waals surface area contributed by atoms with Crippen molar-refractivity contribution in [1.29, 1.82) is 0 Å². The molecule has 0 fully saturated rings. The summed E-state index contributed by atoms with van der Waals surface area (Å²) in [6.07, 6.45) is 1.12. The molecule has 0 saturated carbocycles. The van der Waals surface area contributed by atoms with Gasteiger partial charge in [-0.1, -0.05) is 31.2 Å². The zero-order valence-corrected chi connectivity index (χ0v) is 10.1. The summed E-state index contributed by atoms with van der Waals surface area (Å²) in [6.45, 7) is 5.40. The first-order valence-electron chi connectivity index (χ1n) is 5.67. The second-order valence-electron chi connectivity index (χ2n) is 3.96. The molecule has 0 amide bonds. The molecule has 0 saturated heterocycles. The zero-order valence-electron chi connectivity index (χ0n) is 10.1. The highest BCUT2D eigenvalue weighted by atomic mass is 15.1. The van der Waals surface area contributed by atoms with E-state index in [1.165, 1.54) is 11.1 Å². The van der Waals surface area contributed by atoms with Crippen molar-refractivity contribution in [1.82, 2.24) is 10.2 Å². The predicted octanol–water partition coefficient (Wildman–Crippen LogP) is 1.90. The zero-order chi connectivity index (χ0) is 11.1. The van der Waals surface area contributed by atoms with Gasteiger partial charge in [-0.15, -0.1) is 0 Å². The molecule has 0 aromatic heterocycles. The van der Waals surface area contributed by atoms with Gasteiger partial charge in [-0.3, -0.25) is 0 Å². The minimum atomic E-state index is 1.05. The van der Waals surface area contributed by atoms with Gasteiger partial charge in [-0.05, 0) is 31.6 Å². The van der Waals surface area contributed by atoms with Gasteiger partial charge in [0.1, 0.15) is 0 Å². The number of nitrogens with one attached hydrogen (secondary N) is 1. The molecule has 2 nitrogen and oxygen atoms in total. The molecule has 0 heterocycles. The van der Waals surface area contributed by atoms with Gasteiger partial charge in [0.25, 0.3) is 0 Å². The number of hydrogen-bond acceptors (Lipinski definition) is 2. The lowest BCUT2D eigenvalue weighted by Gasteiger charge is -2.18. The van der Waals surface area contributed by atoms with Crippen molar-refractivity contribution in [2.24, 2.45) is 0 Å². The highest BCUT2D eigenvalue weighted by Gasteiger charge is 2.03. The quantitative estimate of drug-likeness (QED) is 0.765. The lowest BCUT2D eigenvalue weighted by molar-refractivity contribution is 0.327. The fraction of sp³-hybridized carbons (Fsp3) is 0.538. The van der Waals surface area contributed by atoms with E-state index >= 15 is 0 Å². The summed E-state index contributed by atoms with van der Waals surface area (Å²) in [7, 11) is 4.16. The van der Waals surface area contributed by atoms with Crippen LogP contribution in [-0.2, 0) is 13.0 Å². The molecular formula is C13H22N2. The van der Waals surface area contributed by atoms with Crippen LogP contribution in [0.15, 0.2) is 24.3 Å². The third-order valence-electron chi connectivity index (χ3n) is 2.68. The maximum atomic E-state index is 3.17. The molecule has 1 N–H and O–H groups in total.